The fraction of sp³-hybridized carbons (Fsp3) is 0.167. The maximum atomic E-state index is 12.6. The average molecular weight is 340 g/mol. The molecule has 0 aliphatic heterocycles. The number of hydrogen-bond acceptors (Lipinski definition) is 4. The number of carboxylic acids is 1. The van der Waals surface area contributed by atoms with Gasteiger partial charge in [-0.3, -0.25) is 9.36 Å². The number of likely N-dealkylation sites (N-methyl/N-ethyl adjacent to an activating group) is 1. The molecule has 0 radical (unpaired) electrons. The minimum absolute atomic E-state index is 0.0131. The van der Waals surface area contributed by atoms with Crippen LogP contribution in [0.4, 0.5) is 5.69 Å². The van der Waals surface area contributed by atoms with Crippen LogP contribution in [0.2, 0.25) is 0 Å². The van der Waals surface area contributed by atoms with Crippen molar-refractivity contribution in [1.82, 2.24) is 4.57 Å². The van der Waals surface area contributed by atoms with Crippen LogP contribution < -0.4 is 10.7 Å². The predicted octanol–water partition coefficient (Wildman–Crippen LogP) is 2.35. The van der Waals surface area contributed by atoms with Gasteiger partial charge in [0, 0.05) is 12.2 Å². The molecule has 1 N–H and O–H groups in total. The molecule has 0 bridgehead atoms. The van der Waals surface area contributed by atoms with Crippen molar-refractivity contribution in [3.05, 3.63) is 64.6 Å². The van der Waals surface area contributed by atoms with E-state index >= 15 is 0 Å². The first-order valence-corrected chi connectivity index (χ1v) is 7.73. The Bertz CT molecular complexity index is 988. The first kappa shape index (κ1) is 16.5. The van der Waals surface area contributed by atoms with Crippen molar-refractivity contribution < 1.29 is 19.1 Å². The van der Waals surface area contributed by atoms with Gasteiger partial charge >= 0.3 is 11.7 Å². The summed E-state index contributed by atoms with van der Waals surface area (Å²) in [5.74, 6) is -2.08. The number of nitrogens with zero attached hydrogens (tertiary/aromatic N) is 2. The van der Waals surface area contributed by atoms with Crippen LogP contribution in [0.25, 0.3) is 11.1 Å². The lowest BCUT2D eigenvalue weighted by molar-refractivity contribution is -0.119. The van der Waals surface area contributed by atoms with E-state index in [1.165, 1.54) is 22.8 Å². The van der Waals surface area contributed by atoms with Crippen LogP contribution in [0.15, 0.2) is 57.7 Å². The quantitative estimate of drug-likeness (QED) is 0.769. The minimum atomic E-state index is -1.12. The second-order valence-electron chi connectivity index (χ2n) is 5.42. The molecule has 7 heteroatoms. The van der Waals surface area contributed by atoms with Crippen LogP contribution in [0.5, 0.6) is 0 Å². The van der Waals surface area contributed by atoms with E-state index in [0.717, 1.165) is 5.69 Å². The van der Waals surface area contributed by atoms with E-state index < -0.39 is 11.7 Å². The molecule has 0 atom stereocenters. The van der Waals surface area contributed by atoms with Crippen molar-refractivity contribution in [1.29, 1.82) is 0 Å². The lowest BCUT2D eigenvalue weighted by Crippen LogP contribution is -2.35. The number of hydrogen-bond donors (Lipinski definition) is 1. The fourth-order valence-corrected chi connectivity index (χ4v) is 2.68. The Morgan fingerprint density at radius 3 is 2.52 bits per heavy atom. The highest BCUT2D eigenvalue weighted by molar-refractivity contribution is 5.95. The number of carboxylic acid groups (broad SMARTS) is 1. The summed E-state index contributed by atoms with van der Waals surface area (Å²) in [6, 6.07) is 13.3. The van der Waals surface area contributed by atoms with Crippen LogP contribution in [0.1, 0.15) is 17.3 Å². The Morgan fingerprint density at radius 1 is 1.16 bits per heavy atom. The summed E-state index contributed by atoms with van der Waals surface area (Å²) < 4.78 is 6.29. The molecule has 0 saturated heterocycles. The number of oxazole rings is 1. The van der Waals surface area contributed by atoms with Crippen LogP contribution in [0, 0.1) is 0 Å². The highest BCUT2D eigenvalue weighted by Gasteiger charge is 2.19. The molecule has 1 heterocycles. The highest BCUT2D eigenvalue weighted by atomic mass is 16.4. The number of carbonyl (C=O) groups is 2. The van der Waals surface area contributed by atoms with Crippen molar-refractivity contribution in [2.24, 2.45) is 0 Å². The molecule has 128 valence electrons. The fourth-order valence-electron chi connectivity index (χ4n) is 2.68. The van der Waals surface area contributed by atoms with Gasteiger partial charge < -0.3 is 14.4 Å². The van der Waals surface area contributed by atoms with Gasteiger partial charge in [0.25, 0.3) is 0 Å². The Hall–Kier alpha value is -3.35. The maximum Gasteiger partial charge on any atom is 0.420 e. The van der Waals surface area contributed by atoms with Crippen LogP contribution in [-0.2, 0) is 11.3 Å². The molecule has 0 unspecified atom stereocenters. The first-order chi connectivity index (χ1) is 12.0. The summed E-state index contributed by atoms with van der Waals surface area (Å²) in [7, 11) is 0. The standard InChI is InChI=1S/C18H16N2O5/c1-2-19(13-6-4-3-5-7-13)16(21)11-20-14-9-8-12(17(22)23)10-15(14)25-18(20)24/h3-10H,2,11H2,1H3,(H,22,23). The van der Waals surface area contributed by atoms with E-state index in [9.17, 15) is 14.4 Å². The number of anilines is 1. The van der Waals surface area contributed by atoms with Gasteiger partial charge in [-0.05, 0) is 37.3 Å². The molecular weight excluding hydrogens is 324 g/mol. The predicted molar refractivity (Wildman–Crippen MR) is 91.9 cm³/mol. The number of benzene rings is 2. The molecule has 0 aliphatic carbocycles. The molecule has 3 aromatic rings. The van der Waals surface area contributed by atoms with Gasteiger partial charge in [0.2, 0.25) is 5.91 Å². The number of aromatic nitrogens is 1. The second kappa shape index (κ2) is 6.64. The van der Waals surface area contributed by atoms with Crippen LogP contribution in [0.3, 0.4) is 0 Å². The number of amides is 1. The van der Waals surface area contributed by atoms with E-state index in [4.69, 9.17) is 9.52 Å². The Morgan fingerprint density at radius 2 is 1.88 bits per heavy atom. The van der Waals surface area contributed by atoms with Crippen molar-refractivity contribution in [3.8, 4) is 0 Å². The third-order valence-electron chi connectivity index (χ3n) is 3.89. The maximum absolute atomic E-state index is 12.6. The minimum Gasteiger partial charge on any atom is -0.478 e. The molecule has 0 fully saturated rings. The van der Waals surface area contributed by atoms with Gasteiger partial charge in [0.05, 0.1) is 11.1 Å². The summed E-state index contributed by atoms with van der Waals surface area (Å²) in [6.45, 7) is 2.11. The molecule has 1 aromatic heterocycles. The molecule has 0 aliphatic rings. The Balaban J connectivity index is 1.94. The van der Waals surface area contributed by atoms with Gasteiger partial charge in [0.1, 0.15) is 6.54 Å². The zero-order valence-electron chi connectivity index (χ0n) is 13.5. The summed E-state index contributed by atoms with van der Waals surface area (Å²) in [6.07, 6.45) is 0. The van der Waals surface area contributed by atoms with E-state index in [2.05, 4.69) is 0 Å². The topological polar surface area (TPSA) is 92.8 Å². The first-order valence-electron chi connectivity index (χ1n) is 7.73. The third-order valence-corrected chi connectivity index (χ3v) is 3.89. The molecule has 7 nitrogen and oxygen atoms in total. The normalized spacial score (nSPS) is 10.8. The van der Waals surface area contributed by atoms with Gasteiger partial charge in [0.15, 0.2) is 5.58 Å². The second-order valence-corrected chi connectivity index (χ2v) is 5.42. The molecule has 2 aromatic carbocycles. The number of para-hydroxylation sites is 1. The van der Waals surface area contributed by atoms with Crippen molar-refractivity contribution in [2.45, 2.75) is 13.5 Å². The average Bonchev–Trinajstić information content (AvgIpc) is 2.91. The zero-order chi connectivity index (χ0) is 18.0. The van der Waals surface area contributed by atoms with Gasteiger partial charge in [-0.15, -0.1) is 0 Å². The number of fused-ring (bicyclic) bond motifs is 1. The smallest absolute Gasteiger partial charge is 0.420 e. The van der Waals surface area contributed by atoms with Gasteiger partial charge in [-0.25, -0.2) is 9.59 Å². The van der Waals surface area contributed by atoms with Crippen molar-refractivity contribution >= 4 is 28.7 Å². The lowest BCUT2D eigenvalue weighted by Gasteiger charge is -2.21. The van der Waals surface area contributed by atoms with Crippen LogP contribution >= 0.6 is 0 Å². The molecule has 0 spiro atoms. The van der Waals surface area contributed by atoms with E-state index in [-0.39, 0.29) is 23.6 Å². The largest absolute Gasteiger partial charge is 0.478 e. The number of aromatic carboxylic acids is 1. The van der Waals surface area contributed by atoms with Gasteiger partial charge in [-0.2, -0.15) is 0 Å². The Labute approximate surface area is 142 Å². The summed E-state index contributed by atoms with van der Waals surface area (Å²) >= 11 is 0. The van der Waals surface area contributed by atoms with Crippen LogP contribution in [-0.4, -0.2) is 28.1 Å². The van der Waals surface area contributed by atoms with Crippen molar-refractivity contribution in [2.75, 3.05) is 11.4 Å². The van der Waals surface area contributed by atoms with Crippen molar-refractivity contribution in [3.63, 3.8) is 0 Å². The van der Waals surface area contributed by atoms with Gasteiger partial charge in [-0.1, -0.05) is 18.2 Å². The molecular formula is C18H16N2O5. The molecule has 0 saturated carbocycles. The SMILES string of the molecule is CCN(C(=O)Cn1c(=O)oc2cc(C(=O)O)ccc21)c1ccccc1. The summed E-state index contributed by atoms with van der Waals surface area (Å²) in [5.41, 5.74) is 1.27. The molecule has 3 rings (SSSR count). The molecule has 25 heavy (non-hydrogen) atoms. The summed E-state index contributed by atoms with van der Waals surface area (Å²) in [5, 5.41) is 9.01. The molecule has 1 amide bonds. The monoisotopic (exact) mass is 340 g/mol. The van der Waals surface area contributed by atoms with E-state index in [1.54, 1.807) is 4.90 Å². The lowest BCUT2D eigenvalue weighted by atomic mass is 10.2. The third kappa shape index (κ3) is 3.16. The van der Waals surface area contributed by atoms with E-state index in [1.807, 2.05) is 37.3 Å². The number of rotatable bonds is 5. The Kier molecular flexibility index (Phi) is 4.38. The highest BCUT2D eigenvalue weighted by Crippen LogP contribution is 2.17. The number of carbonyl (C=O) groups excluding carboxylic acids is 1. The zero-order valence-corrected chi connectivity index (χ0v) is 13.5. The van der Waals surface area contributed by atoms with E-state index in [0.29, 0.717) is 12.1 Å². The summed E-state index contributed by atoms with van der Waals surface area (Å²) in [4.78, 5) is 37.3.